The lowest BCUT2D eigenvalue weighted by Gasteiger charge is -2.09. The lowest BCUT2D eigenvalue weighted by atomic mass is 10.3. The van der Waals surface area contributed by atoms with Gasteiger partial charge in [-0.25, -0.2) is 9.18 Å². The molecule has 1 heterocycles. The molecule has 0 aliphatic heterocycles. The van der Waals surface area contributed by atoms with Gasteiger partial charge in [-0.15, -0.1) is 0 Å². The minimum Gasteiger partial charge on any atom is -0.495 e. The van der Waals surface area contributed by atoms with E-state index >= 15 is 0 Å². The molecule has 1 N–H and O–H groups in total. The van der Waals surface area contributed by atoms with Gasteiger partial charge in [-0.2, -0.15) is 0 Å². The van der Waals surface area contributed by atoms with Crippen molar-refractivity contribution >= 4 is 17.6 Å². The predicted molar refractivity (Wildman–Crippen MR) is 101 cm³/mol. The van der Waals surface area contributed by atoms with Crippen LogP contribution >= 0.6 is 0 Å². The zero-order valence-corrected chi connectivity index (χ0v) is 15.5. The number of carbonyl (C=O) groups is 2. The number of halogens is 1. The first kappa shape index (κ1) is 19.9. The molecule has 1 aromatic heterocycles. The Morgan fingerprint density at radius 1 is 1.03 bits per heavy atom. The van der Waals surface area contributed by atoms with Crippen LogP contribution in [0.5, 0.6) is 11.5 Å². The number of methoxy groups -OCH3 is 1. The molecule has 0 saturated carbocycles. The Balaban J connectivity index is 1.48. The Morgan fingerprint density at radius 3 is 2.55 bits per heavy atom. The number of carbonyl (C=O) groups excluding carboxylic acids is 2. The predicted octanol–water partition coefficient (Wildman–Crippen LogP) is 3.80. The fourth-order valence-electron chi connectivity index (χ4n) is 2.39. The third-order valence-corrected chi connectivity index (χ3v) is 3.77. The fraction of sp³-hybridized carbons (Fsp3) is 0.143. The highest BCUT2D eigenvalue weighted by Crippen LogP contribution is 2.22. The number of hydrogen-bond acceptors (Lipinski definition) is 6. The lowest BCUT2D eigenvalue weighted by molar-refractivity contribution is -0.119. The molecule has 2 aromatic carbocycles. The van der Waals surface area contributed by atoms with Gasteiger partial charge >= 0.3 is 5.97 Å². The van der Waals surface area contributed by atoms with Gasteiger partial charge in [0.2, 0.25) is 5.76 Å². The number of hydrogen-bond donors (Lipinski definition) is 1. The highest BCUT2D eigenvalue weighted by atomic mass is 19.1. The van der Waals surface area contributed by atoms with E-state index in [0.29, 0.717) is 22.9 Å². The maximum absolute atomic E-state index is 12.9. The number of esters is 1. The van der Waals surface area contributed by atoms with Crippen LogP contribution in [0, 0.1) is 5.82 Å². The summed E-state index contributed by atoms with van der Waals surface area (Å²) < 4.78 is 33.8. The molecule has 7 nitrogen and oxygen atoms in total. The summed E-state index contributed by atoms with van der Waals surface area (Å²) in [5.41, 5.74) is 0.467. The van der Waals surface area contributed by atoms with E-state index in [1.165, 1.54) is 37.4 Å². The van der Waals surface area contributed by atoms with Crippen LogP contribution < -0.4 is 14.8 Å². The third kappa shape index (κ3) is 5.58. The molecule has 0 spiro atoms. The zero-order chi connectivity index (χ0) is 20.6. The largest absolute Gasteiger partial charge is 0.495 e. The van der Waals surface area contributed by atoms with Crippen molar-refractivity contribution in [2.75, 3.05) is 19.0 Å². The van der Waals surface area contributed by atoms with Gasteiger partial charge in [0, 0.05) is 0 Å². The molecular weight excluding hydrogens is 381 g/mol. The molecule has 1 amide bonds. The summed E-state index contributed by atoms with van der Waals surface area (Å²) in [5.74, 6) is -0.408. The highest BCUT2D eigenvalue weighted by molar-refractivity contribution is 5.95. The van der Waals surface area contributed by atoms with Gasteiger partial charge in [-0.1, -0.05) is 12.1 Å². The number of para-hydroxylation sites is 2. The van der Waals surface area contributed by atoms with Crippen LogP contribution in [-0.4, -0.2) is 25.6 Å². The second kappa shape index (κ2) is 9.41. The van der Waals surface area contributed by atoms with Crippen LogP contribution in [0.25, 0.3) is 0 Å². The SMILES string of the molecule is COc1ccccc1NC(=O)COC(=O)c1ccc(COc2ccc(F)cc2)o1. The molecule has 3 rings (SSSR count). The fourth-order valence-corrected chi connectivity index (χ4v) is 2.39. The summed E-state index contributed by atoms with van der Waals surface area (Å²) in [7, 11) is 1.49. The monoisotopic (exact) mass is 399 g/mol. The molecule has 0 radical (unpaired) electrons. The quantitative estimate of drug-likeness (QED) is 0.580. The Kier molecular flexibility index (Phi) is 6.47. The first-order valence-corrected chi connectivity index (χ1v) is 8.62. The molecule has 0 bridgehead atoms. The van der Waals surface area contributed by atoms with Crippen molar-refractivity contribution in [3.8, 4) is 11.5 Å². The summed E-state index contributed by atoms with van der Waals surface area (Å²) >= 11 is 0. The van der Waals surface area contributed by atoms with E-state index in [2.05, 4.69) is 5.32 Å². The molecule has 0 saturated heterocycles. The van der Waals surface area contributed by atoms with Gasteiger partial charge in [0.25, 0.3) is 5.91 Å². The minimum atomic E-state index is -0.784. The van der Waals surface area contributed by atoms with E-state index in [9.17, 15) is 14.0 Å². The molecule has 0 aliphatic rings. The Labute approximate surface area is 166 Å². The van der Waals surface area contributed by atoms with Crippen molar-refractivity contribution in [2.45, 2.75) is 6.61 Å². The van der Waals surface area contributed by atoms with Crippen LogP contribution in [0.1, 0.15) is 16.3 Å². The number of furan rings is 1. The maximum atomic E-state index is 12.9. The summed E-state index contributed by atoms with van der Waals surface area (Å²) in [6, 6.07) is 15.3. The standard InChI is InChI=1S/C21H18FNO6/c1-26-18-5-3-2-4-17(18)23-20(24)13-28-21(25)19-11-10-16(29-19)12-27-15-8-6-14(22)7-9-15/h2-11H,12-13H2,1H3,(H,23,24). The van der Waals surface area contributed by atoms with Crippen molar-refractivity contribution in [3.63, 3.8) is 0 Å². The molecule has 29 heavy (non-hydrogen) atoms. The smallest absolute Gasteiger partial charge is 0.374 e. The van der Waals surface area contributed by atoms with Crippen LogP contribution in [0.3, 0.4) is 0 Å². The second-order valence-electron chi connectivity index (χ2n) is 5.83. The Morgan fingerprint density at radius 2 is 1.79 bits per heavy atom. The normalized spacial score (nSPS) is 10.3. The van der Waals surface area contributed by atoms with E-state index in [0.717, 1.165) is 0 Å². The molecule has 0 atom stereocenters. The summed E-state index contributed by atoms with van der Waals surface area (Å²) in [6.07, 6.45) is 0. The van der Waals surface area contributed by atoms with Crippen LogP contribution in [0.4, 0.5) is 10.1 Å². The van der Waals surface area contributed by atoms with Gasteiger partial charge in [0.05, 0.1) is 12.8 Å². The summed E-state index contributed by atoms with van der Waals surface area (Å²) in [6.45, 7) is -0.438. The molecule has 0 unspecified atom stereocenters. The first-order valence-electron chi connectivity index (χ1n) is 8.62. The Bertz CT molecular complexity index is 983. The van der Waals surface area contributed by atoms with Crippen molar-refractivity contribution in [2.24, 2.45) is 0 Å². The average Bonchev–Trinajstić information content (AvgIpc) is 3.21. The van der Waals surface area contributed by atoms with Crippen LogP contribution in [0.15, 0.2) is 65.1 Å². The van der Waals surface area contributed by atoms with Crippen LogP contribution in [0.2, 0.25) is 0 Å². The number of ether oxygens (including phenoxy) is 3. The Hall–Kier alpha value is -3.81. The van der Waals surface area contributed by atoms with Gasteiger partial charge in [-0.3, -0.25) is 4.79 Å². The second-order valence-corrected chi connectivity index (χ2v) is 5.83. The molecular formula is C21H18FNO6. The topological polar surface area (TPSA) is 87.0 Å². The van der Waals surface area contributed by atoms with Gasteiger partial charge in [0.1, 0.15) is 29.7 Å². The van der Waals surface area contributed by atoms with Crippen molar-refractivity contribution in [3.05, 3.63) is 78.0 Å². The number of amides is 1. The average molecular weight is 399 g/mol. The molecule has 150 valence electrons. The summed E-state index contributed by atoms with van der Waals surface area (Å²) in [4.78, 5) is 24.0. The number of rotatable bonds is 8. The molecule has 0 aliphatic carbocycles. The van der Waals surface area contributed by atoms with Crippen LogP contribution in [-0.2, 0) is 16.1 Å². The highest BCUT2D eigenvalue weighted by Gasteiger charge is 2.16. The van der Waals surface area contributed by atoms with Gasteiger partial charge in [0.15, 0.2) is 6.61 Å². The van der Waals surface area contributed by atoms with Gasteiger partial charge < -0.3 is 23.9 Å². The van der Waals surface area contributed by atoms with E-state index in [-0.39, 0.29) is 18.2 Å². The molecule has 8 heteroatoms. The van der Waals surface area contributed by atoms with Gasteiger partial charge in [-0.05, 0) is 48.5 Å². The lowest BCUT2D eigenvalue weighted by Crippen LogP contribution is -2.21. The van der Waals surface area contributed by atoms with E-state index in [4.69, 9.17) is 18.6 Å². The number of benzene rings is 2. The molecule has 3 aromatic rings. The first-order chi connectivity index (χ1) is 14.0. The van der Waals surface area contributed by atoms with E-state index < -0.39 is 18.5 Å². The third-order valence-electron chi connectivity index (χ3n) is 3.77. The maximum Gasteiger partial charge on any atom is 0.374 e. The zero-order valence-electron chi connectivity index (χ0n) is 15.5. The van der Waals surface area contributed by atoms with Crippen molar-refractivity contribution < 1.29 is 32.6 Å². The summed E-state index contributed by atoms with van der Waals surface area (Å²) in [5, 5.41) is 2.60. The minimum absolute atomic E-state index is 0.0488. The van der Waals surface area contributed by atoms with E-state index in [1.54, 1.807) is 30.3 Å². The molecule has 0 fully saturated rings. The van der Waals surface area contributed by atoms with Crippen molar-refractivity contribution in [1.29, 1.82) is 0 Å². The number of nitrogens with one attached hydrogen (secondary N) is 1. The van der Waals surface area contributed by atoms with E-state index in [1.807, 2.05) is 0 Å². The van der Waals surface area contributed by atoms with Crippen molar-refractivity contribution in [1.82, 2.24) is 0 Å². The number of anilines is 1.